The molecule has 1 aromatic carbocycles. The van der Waals surface area contributed by atoms with Gasteiger partial charge in [0.1, 0.15) is 0 Å². The van der Waals surface area contributed by atoms with Crippen LogP contribution in [0.3, 0.4) is 0 Å². The number of rotatable bonds is 3. The molecule has 5 nitrogen and oxygen atoms in total. The standard InChI is InChI=1S/C10H14ClNO4S2/c1-6-5-7(2)10(18(11,15)16)8(3)9(6)12-17(4,13)14/h5,12H,1-4H3. The molecule has 0 saturated carbocycles. The summed E-state index contributed by atoms with van der Waals surface area (Å²) in [4.78, 5) is -0.0547. The zero-order valence-electron chi connectivity index (χ0n) is 10.4. The summed E-state index contributed by atoms with van der Waals surface area (Å²) in [6.07, 6.45) is 1.00. The predicted molar refractivity (Wildman–Crippen MR) is 72.2 cm³/mol. The molecule has 1 aromatic rings. The number of hydrogen-bond donors (Lipinski definition) is 1. The minimum absolute atomic E-state index is 0.0547. The van der Waals surface area contributed by atoms with E-state index in [9.17, 15) is 16.8 Å². The van der Waals surface area contributed by atoms with Crippen LogP contribution in [-0.2, 0) is 19.1 Å². The fourth-order valence-electron chi connectivity index (χ4n) is 1.89. The van der Waals surface area contributed by atoms with Crippen molar-refractivity contribution in [3.05, 3.63) is 22.8 Å². The van der Waals surface area contributed by atoms with E-state index in [-0.39, 0.29) is 10.6 Å². The third kappa shape index (κ3) is 3.37. The lowest BCUT2D eigenvalue weighted by Gasteiger charge is -2.15. The van der Waals surface area contributed by atoms with Crippen LogP contribution in [0.5, 0.6) is 0 Å². The van der Waals surface area contributed by atoms with Crippen molar-refractivity contribution in [2.75, 3.05) is 11.0 Å². The molecule has 18 heavy (non-hydrogen) atoms. The SMILES string of the molecule is Cc1cc(C)c(S(=O)(=O)Cl)c(C)c1NS(C)(=O)=O. The second-order valence-corrected chi connectivity index (χ2v) is 8.40. The molecule has 0 bridgehead atoms. The molecule has 0 atom stereocenters. The minimum Gasteiger partial charge on any atom is -0.283 e. The number of aryl methyl sites for hydroxylation is 2. The molecule has 0 amide bonds. The van der Waals surface area contributed by atoms with Gasteiger partial charge in [-0.25, -0.2) is 16.8 Å². The smallest absolute Gasteiger partial charge is 0.261 e. The van der Waals surface area contributed by atoms with E-state index in [0.717, 1.165) is 6.26 Å². The van der Waals surface area contributed by atoms with E-state index in [2.05, 4.69) is 4.72 Å². The molecule has 1 N–H and O–H groups in total. The average molecular weight is 312 g/mol. The Morgan fingerprint density at radius 1 is 1.06 bits per heavy atom. The van der Waals surface area contributed by atoms with E-state index >= 15 is 0 Å². The van der Waals surface area contributed by atoms with Gasteiger partial charge in [-0.1, -0.05) is 6.07 Å². The van der Waals surface area contributed by atoms with Crippen LogP contribution in [-0.4, -0.2) is 23.1 Å². The first-order valence-corrected chi connectivity index (χ1v) is 9.17. The van der Waals surface area contributed by atoms with Gasteiger partial charge in [0, 0.05) is 10.7 Å². The summed E-state index contributed by atoms with van der Waals surface area (Å²) in [6.45, 7) is 4.82. The first kappa shape index (κ1) is 15.3. The van der Waals surface area contributed by atoms with Crippen LogP contribution >= 0.6 is 10.7 Å². The van der Waals surface area contributed by atoms with Gasteiger partial charge in [0.2, 0.25) is 10.0 Å². The molecular formula is C10H14ClNO4S2. The highest BCUT2D eigenvalue weighted by Gasteiger charge is 2.21. The first-order valence-electron chi connectivity index (χ1n) is 4.96. The molecule has 0 unspecified atom stereocenters. The van der Waals surface area contributed by atoms with Gasteiger partial charge >= 0.3 is 0 Å². The van der Waals surface area contributed by atoms with Gasteiger partial charge in [-0.15, -0.1) is 0 Å². The van der Waals surface area contributed by atoms with E-state index in [4.69, 9.17) is 10.7 Å². The number of hydrogen-bond acceptors (Lipinski definition) is 4. The topological polar surface area (TPSA) is 80.3 Å². The van der Waals surface area contributed by atoms with Crippen LogP contribution in [0.25, 0.3) is 0 Å². The fourth-order valence-corrected chi connectivity index (χ4v) is 4.19. The average Bonchev–Trinajstić information content (AvgIpc) is 2.07. The zero-order valence-corrected chi connectivity index (χ0v) is 12.8. The molecular weight excluding hydrogens is 298 g/mol. The molecule has 0 aromatic heterocycles. The Morgan fingerprint density at radius 2 is 1.56 bits per heavy atom. The second kappa shape index (κ2) is 4.71. The highest BCUT2D eigenvalue weighted by atomic mass is 35.7. The maximum absolute atomic E-state index is 11.5. The van der Waals surface area contributed by atoms with Gasteiger partial charge in [-0.3, -0.25) is 4.72 Å². The van der Waals surface area contributed by atoms with Gasteiger partial charge in [0.25, 0.3) is 9.05 Å². The monoisotopic (exact) mass is 311 g/mol. The summed E-state index contributed by atoms with van der Waals surface area (Å²) < 4.78 is 47.8. The Labute approximate surface area is 112 Å². The van der Waals surface area contributed by atoms with Crippen molar-refractivity contribution in [3.63, 3.8) is 0 Å². The van der Waals surface area contributed by atoms with Crippen molar-refractivity contribution < 1.29 is 16.8 Å². The Kier molecular flexibility index (Phi) is 4.00. The highest BCUT2D eigenvalue weighted by Crippen LogP contribution is 2.32. The lowest BCUT2D eigenvalue weighted by molar-refractivity contribution is 0.604. The Bertz CT molecular complexity index is 693. The maximum atomic E-state index is 11.5. The van der Waals surface area contributed by atoms with Crippen molar-refractivity contribution in [1.29, 1.82) is 0 Å². The first-order chi connectivity index (χ1) is 7.93. The van der Waals surface area contributed by atoms with E-state index < -0.39 is 19.1 Å². The van der Waals surface area contributed by atoms with Gasteiger partial charge in [0.15, 0.2) is 0 Å². The Balaban J connectivity index is 3.66. The molecule has 0 radical (unpaired) electrons. The Morgan fingerprint density at radius 3 is 1.94 bits per heavy atom. The summed E-state index contributed by atoms with van der Waals surface area (Å²) in [5.41, 5.74) is 1.67. The van der Waals surface area contributed by atoms with Gasteiger partial charge < -0.3 is 0 Å². The summed E-state index contributed by atoms with van der Waals surface area (Å²) in [5, 5.41) is 0. The summed E-state index contributed by atoms with van der Waals surface area (Å²) in [5.74, 6) is 0. The van der Waals surface area contributed by atoms with E-state index in [0.29, 0.717) is 16.7 Å². The quantitative estimate of drug-likeness (QED) is 0.865. The van der Waals surface area contributed by atoms with Gasteiger partial charge in [-0.2, -0.15) is 0 Å². The number of nitrogens with one attached hydrogen (secondary N) is 1. The number of benzene rings is 1. The highest BCUT2D eigenvalue weighted by molar-refractivity contribution is 8.13. The normalized spacial score (nSPS) is 12.5. The van der Waals surface area contributed by atoms with Crippen LogP contribution in [0, 0.1) is 20.8 Å². The molecule has 0 aliphatic carbocycles. The Hall–Kier alpha value is -0.790. The van der Waals surface area contributed by atoms with Crippen molar-refractivity contribution in [2.24, 2.45) is 0 Å². The summed E-state index contributed by atoms with van der Waals surface area (Å²) >= 11 is 0. The summed E-state index contributed by atoms with van der Waals surface area (Å²) in [6, 6.07) is 1.58. The second-order valence-electron chi connectivity index (χ2n) is 4.15. The lowest BCUT2D eigenvalue weighted by atomic mass is 10.1. The molecule has 1 rings (SSSR count). The van der Waals surface area contributed by atoms with Crippen molar-refractivity contribution in [1.82, 2.24) is 0 Å². The molecule has 0 aliphatic heterocycles. The molecule has 102 valence electrons. The van der Waals surface area contributed by atoms with Crippen molar-refractivity contribution in [3.8, 4) is 0 Å². The third-order valence-corrected chi connectivity index (χ3v) is 4.59. The van der Waals surface area contributed by atoms with Crippen molar-refractivity contribution >= 4 is 35.4 Å². The van der Waals surface area contributed by atoms with E-state index in [1.807, 2.05) is 0 Å². The molecule has 8 heteroatoms. The molecule has 0 fully saturated rings. The maximum Gasteiger partial charge on any atom is 0.261 e. The van der Waals surface area contributed by atoms with Gasteiger partial charge in [0.05, 0.1) is 16.8 Å². The van der Waals surface area contributed by atoms with Crippen molar-refractivity contribution in [2.45, 2.75) is 25.7 Å². The molecule has 0 spiro atoms. The van der Waals surface area contributed by atoms with Crippen LogP contribution < -0.4 is 4.72 Å². The van der Waals surface area contributed by atoms with Gasteiger partial charge in [-0.05, 0) is 37.5 Å². The van der Waals surface area contributed by atoms with Crippen LogP contribution in [0.1, 0.15) is 16.7 Å². The fraction of sp³-hybridized carbons (Fsp3) is 0.400. The van der Waals surface area contributed by atoms with Crippen LogP contribution in [0.4, 0.5) is 5.69 Å². The van der Waals surface area contributed by atoms with Crippen LogP contribution in [0.15, 0.2) is 11.0 Å². The largest absolute Gasteiger partial charge is 0.283 e. The predicted octanol–water partition coefficient (Wildman–Crippen LogP) is 1.91. The molecule has 0 aliphatic rings. The summed E-state index contributed by atoms with van der Waals surface area (Å²) in [7, 11) is -2.05. The van der Waals surface area contributed by atoms with E-state index in [1.165, 1.54) is 6.92 Å². The zero-order chi connectivity index (χ0) is 14.3. The van der Waals surface area contributed by atoms with E-state index in [1.54, 1.807) is 19.9 Å². The minimum atomic E-state index is -3.92. The number of sulfonamides is 1. The van der Waals surface area contributed by atoms with Crippen LogP contribution in [0.2, 0.25) is 0 Å². The molecule has 0 heterocycles. The third-order valence-electron chi connectivity index (χ3n) is 2.43. The number of anilines is 1. The lowest BCUT2D eigenvalue weighted by Crippen LogP contribution is -2.13. The number of halogens is 1. The molecule has 0 saturated heterocycles.